The summed E-state index contributed by atoms with van der Waals surface area (Å²) in [6.45, 7) is 2.91. The quantitative estimate of drug-likeness (QED) is 0.809. The fourth-order valence-corrected chi connectivity index (χ4v) is 4.62. The van der Waals surface area contributed by atoms with Gasteiger partial charge in [-0.15, -0.1) is 11.8 Å². The van der Waals surface area contributed by atoms with Crippen molar-refractivity contribution < 1.29 is 4.79 Å². The average Bonchev–Trinajstić information content (AvgIpc) is 2.96. The normalized spacial score (nSPS) is 19.7. The summed E-state index contributed by atoms with van der Waals surface area (Å²) >= 11 is 1.72. The second-order valence-electron chi connectivity index (χ2n) is 5.98. The van der Waals surface area contributed by atoms with E-state index in [1.807, 2.05) is 23.2 Å². The highest BCUT2D eigenvalue weighted by molar-refractivity contribution is 8.01. The first-order valence-corrected chi connectivity index (χ1v) is 8.62. The van der Waals surface area contributed by atoms with Crippen LogP contribution in [0.15, 0.2) is 41.4 Å². The predicted octanol–water partition coefficient (Wildman–Crippen LogP) is 3.39. The summed E-state index contributed by atoms with van der Waals surface area (Å²) in [4.78, 5) is 20.6. The van der Waals surface area contributed by atoms with E-state index in [2.05, 4.69) is 30.1 Å². The highest BCUT2D eigenvalue weighted by atomic mass is 32.2. The van der Waals surface area contributed by atoms with Gasteiger partial charge in [0.1, 0.15) is 0 Å². The molecule has 0 N–H and O–H groups in total. The van der Waals surface area contributed by atoms with Crippen LogP contribution in [0, 0.1) is 6.92 Å². The van der Waals surface area contributed by atoms with Crippen molar-refractivity contribution in [3.8, 4) is 0 Å². The zero-order valence-corrected chi connectivity index (χ0v) is 13.4. The maximum Gasteiger partial charge on any atom is 0.240 e. The van der Waals surface area contributed by atoms with Crippen molar-refractivity contribution >= 4 is 23.4 Å². The Morgan fingerprint density at radius 1 is 1.36 bits per heavy atom. The Kier molecular flexibility index (Phi) is 3.41. The zero-order chi connectivity index (χ0) is 15.1. The van der Waals surface area contributed by atoms with Gasteiger partial charge in [0.15, 0.2) is 0 Å². The first-order chi connectivity index (χ1) is 10.7. The minimum Gasteiger partial charge on any atom is -0.310 e. The Bertz CT molecular complexity index is 744. The summed E-state index contributed by atoms with van der Waals surface area (Å²) in [5.41, 5.74) is 4.62. The largest absolute Gasteiger partial charge is 0.310 e. The molecule has 3 heterocycles. The molecule has 1 aromatic carbocycles. The van der Waals surface area contributed by atoms with Crippen LogP contribution >= 0.6 is 11.8 Å². The molecule has 4 rings (SSSR count). The van der Waals surface area contributed by atoms with Crippen LogP contribution in [0.5, 0.6) is 0 Å². The van der Waals surface area contributed by atoms with E-state index in [4.69, 9.17) is 0 Å². The SMILES string of the molecule is Cc1ccc2c(c1)SC(C(=O)N1CCCc3ncccc31)C2. The molecule has 1 amide bonds. The van der Waals surface area contributed by atoms with Crippen molar-refractivity contribution in [2.24, 2.45) is 0 Å². The third-order valence-electron chi connectivity index (χ3n) is 4.39. The van der Waals surface area contributed by atoms with Gasteiger partial charge in [-0.25, -0.2) is 0 Å². The number of rotatable bonds is 1. The van der Waals surface area contributed by atoms with Crippen LogP contribution in [0.4, 0.5) is 5.69 Å². The molecule has 4 heteroatoms. The molecule has 3 nitrogen and oxygen atoms in total. The fourth-order valence-electron chi connectivity index (χ4n) is 3.27. The Balaban J connectivity index is 1.60. The van der Waals surface area contributed by atoms with Crippen LogP contribution in [-0.2, 0) is 17.6 Å². The molecule has 0 fully saturated rings. The molecule has 112 valence electrons. The van der Waals surface area contributed by atoms with E-state index in [1.165, 1.54) is 16.0 Å². The van der Waals surface area contributed by atoms with Crippen molar-refractivity contribution in [1.29, 1.82) is 0 Å². The van der Waals surface area contributed by atoms with E-state index >= 15 is 0 Å². The predicted molar refractivity (Wildman–Crippen MR) is 89.4 cm³/mol. The Labute approximate surface area is 134 Å². The smallest absolute Gasteiger partial charge is 0.240 e. The minimum atomic E-state index is 0.00274. The fraction of sp³-hybridized carbons (Fsp3) is 0.333. The molecule has 0 aliphatic carbocycles. The van der Waals surface area contributed by atoms with Crippen molar-refractivity contribution in [1.82, 2.24) is 4.98 Å². The molecule has 1 aromatic heterocycles. The molecule has 1 atom stereocenters. The first-order valence-electron chi connectivity index (χ1n) is 7.74. The second kappa shape index (κ2) is 5.43. The minimum absolute atomic E-state index is 0.00274. The monoisotopic (exact) mass is 310 g/mol. The van der Waals surface area contributed by atoms with Gasteiger partial charge in [0.05, 0.1) is 16.6 Å². The number of thioether (sulfide) groups is 1. The molecule has 2 aromatic rings. The van der Waals surface area contributed by atoms with Gasteiger partial charge in [0.2, 0.25) is 5.91 Å². The first kappa shape index (κ1) is 13.8. The molecular weight excluding hydrogens is 292 g/mol. The summed E-state index contributed by atoms with van der Waals surface area (Å²) in [6, 6.07) is 10.4. The van der Waals surface area contributed by atoms with E-state index in [0.717, 1.165) is 37.2 Å². The van der Waals surface area contributed by atoms with Crippen LogP contribution in [0.25, 0.3) is 0 Å². The maximum absolute atomic E-state index is 13.0. The lowest BCUT2D eigenvalue weighted by Gasteiger charge is -2.30. The number of nitrogens with zero attached hydrogens (tertiary/aromatic N) is 2. The van der Waals surface area contributed by atoms with E-state index in [9.17, 15) is 4.79 Å². The number of fused-ring (bicyclic) bond motifs is 2. The summed E-state index contributed by atoms with van der Waals surface area (Å²) < 4.78 is 0. The Morgan fingerprint density at radius 2 is 2.27 bits per heavy atom. The van der Waals surface area contributed by atoms with Gasteiger partial charge in [-0.2, -0.15) is 0 Å². The number of aryl methyl sites for hydroxylation is 2. The highest BCUT2D eigenvalue weighted by Gasteiger charge is 2.34. The molecule has 2 aliphatic heterocycles. The lowest BCUT2D eigenvalue weighted by molar-refractivity contribution is -0.118. The van der Waals surface area contributed by atoms with Crippen LogP contribution < -0.4 is 4.90 Å². The van der Waals surface area contributed by atoms with Crippen molar-refractivity contribution in [2.45, 2.75) is 36.3 Å². The summed E-state index contributed by atoms with van der Waals surface area (Å²) in [5.74, 6) is 0.229. The second-order valence-corrected chi connectivity index (χ2v) is 7.23. The average molecular weight is 310 g/mol. The third kappa shape index (κ3) is 2.31. The number of amides is 1. The number of benzene rings is 1. The Hall–Kier alpha value is -1.81. The van der Waals surface area contributed by atoms with E-state index in [0.29, 0.717) is 0 Å². The Morgan fingerprint density at radius 3 is 3.18 bits per heavy atom. The van der Waals surface area contributed by atoms with Crippen molar-refractivity contribution in [2.75, 3.05) is 11.4 Å². The molecule has 0 bridgehead atoms. The maximum atomic E-state index is 13.0. The zero-order valence-electron chi connectivity index (χ0n) is 12.6. The summed E-state index contributed by atoms with van der Waals surface area (Å²) in [5, 5.41) is 0.00274. The number of carbonyl (C=O) groups is 1. The lowest BCUT2D eigenvalue weighted by Crippen LogP contribution is -2.41. The lowest BCUT2D eigenvalue weighted by atomic mass is 10.0. The molecular formula is C18H18N2OS. The van der Waals surface area contributed by atoms with E-state index < -0.39 is 0 Å². The van der Waals surface area contributed by atoms with Crippen molar-refractivity contribution in [3.63, 3.8) is 0 Å². The molecule has 0 saturated heterocycles. The van der Waals surface area contributed by atoms with E-state index in [1.54, 1.807) is 11.8 Å². The summed E-state index contributed by atoms with van der Waals surface area (Å²) in [6.07, 6.45) is 4.62. The van der Waals surface area contributed by atoms with Crippen LogP contribution in [-0.4, -0.2) is 22.7 Å². The molecule has 0 spiro atoms. The van der Waals surface area contributed by atoms with Gasteiger partial charge in [-0.1, -0.05) is 17.7 Å². The van der Waals surface area contributed by atoms with Gasteiger partial charge < -0.3 is 4.90 Å². The van der Waals surface area contributed by atoms with Crippen molar-refractivity contribution in [3.05, 3.63) is 53.3 Å². The van der Waals surface area contributed by atoms with Gasteiger partial charge in [-0.05, 0) is 49.9 Å². The highest BCUT2D eigenvalue weighted by Crippen LogP contribution is 2.39. The number of anilines is 1. The number of pyridine rings is 1. The van der Waals surface area contributed by atoms with Gasteiger partial charge in [-0.3, -0.25) is 9.78 Å². The standard InChI is InChI=1S/C18H18N2OS/c1-12-6-7-13-11-17(22-16(13)10-12)18(21)20-9-3-4-14-15(20)5-2-8-19-14/h2,5-8,10,17H,3-4,9,11H2,1H3. The number of carbonyl (C=O) groups excluding carboxylic acids is 1. The van der Waals surface area contributed by atoms with Gasteiger partial charge >= 0.3 is 0 Å². The van der Waals surface area contributed by atoms with E-state index in [-0.39, 0.29) is 11.2 Å². The summed E-state index contributed by atoms with van der Waals surface area (Å²) in [7, 11) is 0. The number of aromatic nitrogens is 1. The van der Waals surface area contributed by atoms with Crippen LogP contribution in [0.2, 0.25) is 0 Å². The topological polar surface area (TPSA) is 33.2 Å². The molecule has 2 aliphatic rings. The van der Waals surface area contributed by atoms with Gasteiger partial charge in [0, 0.05) is 17.6 Å². The molecule has 0 radical (unpaired) electrons. The molecule has 0 saturated carbocycles. The van der Waals surface area contributed by atoms with Crippen LogP contribution in [0.1, 0.15) is 23.2 Å². The molecule has 22 heavy (non-hydrogen) atoms. The third-order valence-corrected chi connectivity index (χ3v) is 5.68. The van der Waals surface area contributed by atoms with Gasteiger partial charge in [0.25, 0.3) is 0 Å². The number of hydrogen-bond acceptors (Lipinski definition) is 3. The van der Waals surface area contributed by atoms with Crippen LogP contribution in [0.3, 0.4) is 0 Å². The molecule has 1 unspecified atom stereocenters. The number of hydrogen-bond donors (Lipinski definition) is 0.